The van der Waals surface area contributed by atoms with Crippen molar-refractivity contribution in [3.05, 3.63) is 41.5 Å². The van der Waals surface area contributed by atoms with Crippen LogP contribution in [-0.2, 0) is 11.2 Å². The van der Waals surface area contributed by atoms with Gasteiger partial charge in [-0.2, -0.15) is 0 Å². The first-order chi connectivity index (χ1) is 11.2. The first-order valence-corrected chi connectivity index (χ1v) is 8.24. The fraction of sp³-hybridized carbons (Fsp3) is 0.556. The maximum Gasteiger partial charge on any atom is 0.118 e. The molecule has 1 aromatic heterocycles. The number of aryl methyl sites for hydroxylation is 1. The Labute approximate surface area is 139 Å². The molecule has 126 valence electrons. The second kappa shape index (κ2) is 8.79. The van der Waals surface area contributed by atoms with Gasteiger partial charge in [0.15, 0.2) is 0 Å². The Morgan fingerprint density at radius 3 is 3.09 bits per heavy atom. The maximum absolute atomic E-state index is 5.20. The molecule has 5 heteroatoms. The smallest absolute Gasteiger partial charge is 0.118 e. The molecule has 1 aliphatic rings. The predicted octanol–water partition coefficient (Wildman–Crippen LogP) is 2.86. The van der Waals surface area contributed by atoms with Crippen LogP contribution in [0.25, 0.3) is 0 Å². The zero-order valence-corrected chi connectivity index (χ0v) is 14.5. The number of rotatable bonds is 8. The lowest BCUT2D eigenvalue weighted by atomic mass is 9.91. The first-order valence-electron chi connectivity index (χ1n) is 8.24. The van der Waals surface area contributed by atoms with Crippen LogP contribution in [0.1, 0.15) is 37.1 Å². The molecule has 0 aliphatic heterocycles. The molecule has 0 saturated carbocycles. The van der Waals surface area contributed by atoms with E-state index in [1.54, 1.807) is 7.11 Å². The average molecular weight is 316 g/mol. The molecule has 0 bridgehead atoms. The number of aliphatic imine (C=N–C) groups is 1. The van der Waals surface area contributed by atoms with E-state index in [9.17, 15) is 0 Å². The number of hydrogen-bond donors (Lipinski definition) is 0. The molecule has 1 heterocycles. The van der Waals surface area contributed by atoms with Gasteiger partial charge in [0, 0.05) is 32.6 Å². The minimum Gasteiger partial charge on any atom is -0.364 e. The van der Waals surface area contributed by atoms with Crippen LogP contribution in [0.5, 0.6) is 0 Å². The van der Waals surface area contributed by atoms with Crippen LogP contribution in [0, 0.1) is 0 Å². The van der Waals surface area contributed by atoms with Gasteiger partial charge in [0.25, 0.3) is 0 Å². The molecule has 5 nitrogen and oxygen atoms in total. The number of aromatic nitrogens is 1. The fourth-order valence-corrected chi connectivity index (χ4v) is 3.11. The summed E-state index contributed by atoms with van der Waals surface area (Å²) in [5.74, 6) is 0. The van der Waals surface area contributed by atoms with Crippen molar-refractivity contribution in [3.8, 4) is 0 Å². The Morgan fingerprint density at radius 2 is 2.39 bits per heavy atom. The maximum atomic E-state index is 5.20. The summed E-state index contributed by atoms with van der Waals surface area (Å²) in [6.45, 7) is 8.02. The van der Waals surface area contributed by atoms with E-state index in [2.05, 4.69) is 46.5 Å². The number of fused-ring (bicyclic) bond motifs is 1. The second-order valence-corrected chi connectivity index (χ2v) is 5.97. The SMILES string of the molecule is C=N/C(=C\N(CC)COC)CN(C)[C@H]1CCCc2cccnc21. The van der Waals surface area contributed by atoms with Gasteiger partial charge in [-0.15, -0.1) is 0 Å². The summed E-state index contributed by atoms with van der Waals surface area (Å²) in [5.41, 5.74) is 3.55. The first kappa shape index (κ1) is 17.6. The Balaban J connectivity index is 2.10. The van der Waals surface area contributed by atoms with Crippen molar-refractivity contribution < 1.29 is 4.74 Å². The van der Waals surface area contributed by atoms with E-state index < -0.39 is 0 Å². The number of methoxy groups -OCH3 is 1. The van der Waals surface area contributed by atoms with Crippen molar-refractivity contribution in [2.45, 2.75) is 32.2 Å². The summed E-state index contributed by atoms with van der Waals surface area (Å²) in [4.78, 5) is 13.2. The van der Waals surface area contributed by atoms with Gasteiger partial charge in [0.2, 0.25) is 0 Å². The quantitative estimate of drug-likeness (QED) is 0.546. The fourth-order valence-electron chi connectivity index (χ4n) is 3.11. The largest absolute Gasteiger partial charge is 0.364 e. The van der Waals surface area contributed by atoms with Crippen molar-refractivity contribution in [1.82, 2.24) is 14.8 Å². The zero-order valence-electron chi connectivity index (χ0n) is 14.5. The van der Waals surface area contributed by atoms with Gasteiger partial charge in [0.1, 0.15) is 6.73 Å². The molecule has 0 fully saturated rings. The third-order valence-electron chi connectivity index (χ3n) is 4.34. The van der Waals surface area contributed by atoms with Crippen LogP contribution in [-0.4, -0.2) is 55.5 Å². The topological polar surface area (TPSA) is 41.0 Å². The van der Waals surface area contributed by atoms with Crippen molar-refractivity contribution in [1.29, 1.82) is 0 Å². The summed E-state index contributed by atoms with van der Waals surface area (Å²) in [7, 11) is 3.84. The molecule has 0 aromatic carbocycles. The van der Waals surface area contributed by atoms with Gasteiger partial charge in [-0.3, -0.25) is 14.9 Å². The zero-order chi connectivity index (χ0) is 16.7. The summed E-state index contributed by atoms with van der Waals surface area (Å²) in [6.07, 6.45) is 7.41. The molecular weight excluding hydrogens is 288 g/mol. The van der Waals surface area contributed by atoms with Gasteiger partial charge in [-0.05, 0) is 51.6 Å². The van der Waals surface area contributed by atoms with Crippen molar-refractivity contribution >= 4 is 6.72 Å². The highest BCUT2D eigenvalue weighted by molar-refractivity contribution is 5.30. The number of pyridine rings is 1. The number of hydrogen-bond acceptors (Lipinski definition) is 5. The molecular formula is C18H28N4O. The van der Waals surface area contributed by atoms with Crippen LogP contribution < -0.4 is 0 Å². The van der Waals surface area contributed by atoms with E-state index in [0.717, 1.165) is 31.6 Å². The molecule has 0 unspecified atom stereocenters. The third-order valence-corrected chi connectivity index (χ3v) is 4.34. The van der Waals surface area contributed by atoms with Gasteiger partial charge >= 0.3 is 0 Å². The standard InChI is InChI=1S/C18H28N4O/c1-5-22(14-23-4)13-16(19-2)12-21(3)17-10-6-8-15-9-7-11-20-18(15)17/h7,9,11,13,17H,2,5-6,8,10,12,14H2,1,3-4H3/b16-13-/t17-/m0/s1. The summed E-state index contributed by atoms with van der Waals surface area (Å²) in [5, 5.41) is 0. The van der Waals surface area contributed by atoms with E-state index in [1.165, 1.54) is 17.7 Å². The molecule has 0 amide bonds. The molecule has 1 atom stereocenters. The molecule has 0 radical (unpaired) electrons. The van der Waals surface area contributed by atoms with Crippen molar-refractivity contribution in [3.63, 3.8) is 0 Å². The average Bonchev–Trinajstić information content (AvgIpc) is 2.59. The molecule has 23 heavy (non-hydrogen) atoms. The van der Waals surface area contributed by atoms with E-state index in [1.807, 2.05) is 18.5 Å². The molecule has 1 aromatic rings. The monoisotopic (exact) mass is 316 g/mol. The lowest BCUT2D eigenvalue weighted by Crippen LogP contribution is -2.31. The minimum atomic E-state index is 0.350. The number of likely N-dealkylation sites (N-methyl/N-ethyl adjacent to an activating group) is 1. The number of nitrogens with zero attached hydrogens (tertiary/aromatic N) is 4. The molecule has 2 rings (SSSR count). The Hall–Kier alpha value is -1.72. The van der Waals surface area contributed by atoms with E-state index >= 15 is 0 Å². The highest BCUT2D eigenvalue weighted by atomic mass is 16.5. The molecule has 0 spiro atoms. The lowest BCUT2D eigenvalue weighted by Gasteiger charge is -2.32. The van der Waals surface area contributed by atoms with E-state index in [4.69, 9.17) is 4.74 Å². The van der Waals surface area contributed by atoms with E-state index in [-0.39, 0.29) is 0 Å². The van der Waals surface area contributed by atoms with Crippen LogP contribution in [0.15, 0.2) is 35.2 Å². The summed E-state index contributed by atoms with van der Waals surface area (Å²) >= 11 is 0. The highest BCUT2D eigenvalue weighted by Gasteiger charge is 2.25. The predicted molar refractivity (Wildman–Crippen MR) is 94.4 cm³/mol. The summed E-state index contributed by atoms with van der Waals surface area (Å²) < 4.78 is 5.20. The minimum absolute atomic E-state index is 0.350. The van der Waals surface area contributed by atoms with Gasteiger partial charge < -0.3 is 9.64 Å². The number of ether oxygens (including phenoxy) is 1. The molecule has 0 saturated heterocycles. The Kier molecular flexibility index (Phi) is 6.74. The van der Waals surface area contributed by atoms with Crippen LogP contribution in [0.2, 0.25) is 0 Å². The van der Waals surface area contributed by atoms with Crippen LogP contribution >= 0.6 is 0 Å². The Morgan fingerprint density at radius 1 is 1.57 bits per heavy atom. The van der Waals surface area contributed by atoms with Crippen molar-refractivity contribution in [2.24, 2.45) is 4.99 Å². The van der Waals surface area contributed by atoms with Gasteiger partial charge in [-0.1, -0.05) is 6.07 Å². The molecule has 1 aliphatic carbocycles. The Bertz CT molecular complexity index is 544. The second-order valence-electron chi connectivity index (χ2n) is 5.97. The van der Waals surface area contributed by atoms with Crippen LogP contribution in [0.4, 0.5) is 0 Å². The van der Waals surface area contributed by atoms with Crippen LogP contribution in [0.3, 0.4) is 0 Å². The van der Waals surface area contributed by atoms with E-state index in [0.29, 0.717) is 12.8 Å². The van der Waals surface area contributed by atoms with Gasteiger partial charge in [-0.25, -0.2) is 0 Å². The summed E-state index contributed by atoms with van der Waals surface area (Å²) in [6, 6.07) is 4.58. The van der Waals surface area contributed by atoms with Gasteiger partial charge in [0.05, 0.1) is 17.4 Å². The highest BCUT2D eigenvalue weighted by Crippen LogP contribution is 2.32. The lowest BCUT2D eigenvalue weighted by molar-refractivity contribution is 0.0981. The molecule has 0 N–H and O–H groups in total. The van der Waals surface area contributed by atoms with Crippen molar-refractivity contribution in [2.75, 3.05) is 34.0 Å². The normalized spacial score (nSPS) is 17.9. The third kappa shape index (κ3) is 4.62.